The topological polar surface area (TPSA) is 114 Å². The average molecular weight is 607 g/mol. The van der Waals surface area contributed by atoms with E-state index in [1.54, 1.807) is 30.5 Å². The molecule has 9 nitrogen and oxygen atoms in total. The zero-order chi connectivity index (χ0) is 26.4. The molecule has 0 saturated carbocycles. The lowest BCUT2D eigenvalue weighted by molar-refractivity contribution is 0.0958. The van der Waals surface area contributed by atoms with E-state index >= 15 is 0 Å². The number of hydrogen-bond donors (Lipinski definition) is 3. The SMILES string of the molecule is CNC(=O)c1cc(Oc2ccc(NC(=O)Nc3ccc(Cl)c(OCc4cnc(Br)s4)c3)nc2)ccc1F. The van der Waals surface area contributed by atoms with Crippen molar-refractivity contribution in [2.45, 2.75) is 6.61 Å². The summed E-state index contributed by atoms with van der Waals surface area (Å²) >= 11 is 11.0. The molecule has 0 unspecified atom stereocenters. The van der Waals surface area contributed by atoms with Gasteiger partial charge in [-0.1, -0.05) is 11.6 Å². The van der Waals surface area contributed by atoms with Gasteiger partial charge in [-0.15, -0.1) is 11.3 Å². The summed E-state index contributed by atoms with van der Waals surface area (Å²) in [5, 5.41) is 8.07. The quantitative estimate of drug-likeness (QED) is 0.212. The van der Waals surface area contributed by atoms with Crippen LogP contribution in [0.25, 0.3) is 0 Å². The van der Waals surface area contributed by atoms with Crippen molar-refractivity contribution in [1.29, 1.82) is 0 Å². The van der Waals surface area contributed by atoms with Crippen LogP contribution in [0.3, 0.4) is 0 Å². The fourth-order valence-electron chi connectivity index (χ4n) is 3.00. The van der Waals surface area contributed by atoms with E-state index in [1.165, 1.54) is 42.8 Å². The summed E-state index contributed by atoms with van der Waals surface area (Å²) in [6.45, 7) is 0.280. The molecule has 2 aromatic heterocycles. The maximum atomic E-state index is 13.8. The average Bonchev–Trinajstić information content (AvgIpc) is 3.31. The monoisotopic (exact) mass is 605 g/mol. The Bertz CT molecular complexity index is 1440. The van der Waals surface area contributed by atoms with Crippen LogP contribution in [0.15, 0.2) is 64.8 Å². The van der Waals surface area contributed by atoms with Crippen LogP contribution in [0, 0.1) is 5.82 Å². The Hall–Kier alpha value is -3.74. The fraction of sp³-hybridized carbons (Fsp3) is 0.0833. The third kappa shape index (κ3) is 7.15. The number of hydrogen-bond acceptors (Lipinski definition) is 7. The third-order valence-electron chi connectivity index (χ3n) is 4.71. The number of pyridine rings is 1. The molecule has 0 spiro atoms. The first-order valence-electron chi connectivity index (χ1n) is 10.6. The van der Waals surface area contributed by atoms with E-state index in [1.807, 2.05) is 0 Å². The molecule has 13 heteroatoms. The molecular formula is C24H18BrClFN5O4S. The Balaban J connectivity index is 1.34. The molecule has 3 amide bonds. The van der Waals surface area contributed by atoms with Crippen molar-refractivity contribution >= 4 is 62.3 Å². The lowest BCUT2D eigenvalue weighted by atomic mass is 10.2. The minimum absolute atomic E-state index is 0.143. The molecular weight excluding hydrogens is 589 g/mol. The molecule has 2 aromatic carbocycles. The Kier molecular flexibility index (Phi) is 8.54. The van der Waals surface area contributed by atoms with E-state index in [0.717, 1.165) is 14.9 Å². The summed E-state index contributed by atoms with van der Waals surface area (Å²) < 4.78 is 26.0. The highest BCUT2D eigenvalue weighted by Gasteiger charge is 2.13. The zero-order valence-corrected chi connectivity index (χ0v) is 22.2. The molecule has 0 bridgehead atoms. The Morgan fingerprint density at radius 2 is 1.86 bits per heavy atom. The first-order chi connectivity index (χ1) is 17.8. The predicted molar refractivity (Wildman–Crippen MR) is 142 cm³/mol. The van der Waals surface area contributed by atoms with Crippen LogP contribution < -0.4 is 25.4 Å². The summed E-state index contributed by atoms with van der Waals surface area (Å²) in [6.07, 6.45) is 3.08. The first-order valence-corrected chi connectivity index (χ1v) is 12.6. The van der Waals surface area contributed by atoms with Gasteiger partial charge in [0.15, 0.2) is 3.92 Å². The standard InChI is InChI=1S/C24H18BrClFN5O4S/c1-28-22(33)17-9-14(3-6-19(17)27)36-15-4-7-21(29-10-15)32-24(34)31-13-2-5-18(26)20(8-13)35-12-16-11-30-23(25)37-16/h2-11H,12H2,1H3,(H,28,33)(H2,29,31,32,34). The molecule has 3 N–H and O–H groups in total. The van der Waals surface area contributed by atoms with Crippen LogP contribution in [0.1, 0.15) is 15.2 Å². The van der Waals surface area contributed by atoms with Gasteiger partial charge in [0.05, 0.1) is 21.7 Å². The van der Waals surface area contributed by atoms with Gasteiger partial charge in [0.1, 0.15) is 35.5 Å². The van der Waals surface area contributed by atoms with Crippen molar-refractivity contribution in [3.8, 4) is 17.2 Å². The first kappa shape index (κ1) is 26.3. The smallest absolute Gasteiger partial charge is 0.324 e. The molecule has 2 heterocycles. The van der Waals surface area contributed by atoms with E-state index in [2.05, 4.69) is 41.8 Å². The Morgan fingerprint density at radius 3 is 2.57 bits per heavy atom. The van der Waals surface area contributed by atoms with Crippen molar-refractivity contribution in [3.05, 3.63) is 86.1 Å². The second-order valence-electron chi connectivity index (χ2n) is 7.29. The maximum absolute atomic E-state index is 13.8. The summed E-state index contributed by atoms with van der Waals surface area (Å²) in [4.78, 5) is 33.4. The normalized spacial score (nSPS) is 10.5. The number of amides is 3. The van der Waals surface area contributed by atoms with Gasteiger partial charge < -0.3 is 20.1 Å². The van der Waals surface area contributed by atoms with Gasteiger partial charge in [-0.2, -0.15) is 0 Å². The summed E-state index contributed by atoms with van der Waals surface area (Å²) in [7, 11) is 1.41. The van der Waals surface area contributed by atoms with Gasteiger partial charge in [-0.05, 0) is 58.4 Å². The van der Waals surface area contributed by atoms with Crippen LogP contribution in [-0.2, 0) is 6.61 Å². The minimum Gasteiger partial charge on any atom is -0.486 e. The number of anilines is 2. The highest BCUT2D eigenvalue weighted by molar-refractivity contribution is 9.11. The molecule has 0 aliphatic carbocycles. The number of carbonyl (C=O) groups excluding carboxylic acids is 2. The molecule has 37 heavy (non-hydrogen) atoms. The number of thiazole rings is 1. The van der Waals surface area contributed by atoms with Crippen molar-refractivity contribution < 1.29 is 23.5 Å². The number of nitrogens with zero attached hydrogens (tertiary/aromatic N) is 2. The van der Waals surface area contributed by atoms with Gasteiger partial charge >= 0.3 is 6.03 Å². The predicted octanol–water partition coefficient (Wildman–Crippen LogP) is 6.47. The van der Waals surface area contributed by atoms with Gasteiger partial charge in [0.25, 0.3) is 5.91 Å². The zero-order valence-electron chi connectivity index (χ0n) is 19.1. The number of benzene rings is 2. The number of ether oxygens (including phenoxy) is 2. The van der Waals surface area contributed by atoms with E-state index in [0.29, 0.717) is 22.2 Å². The fourth-order valence-corrected chi connectivity index (χ4v) is 4.44. The largest absolute Gasteiger partial charge is 0.486 e. The van der Waals surface area contributed by atoms with Crippen molar-refractivity contribution in [2.75, 3.05) is 17.7 Å². The highest BCUT2D eigenvalue weighted by atomic mass is 79.9. The molecule has 4 aromatic rings. The highest BCUT2D eigenvalue weighted by Crippen LogP contribution is 2.30. The summed E-state index contributed by atoms with van der Waals surface area (Å²) in [5.41, 5.74) is 0.320. The Labute approximate surface area is 228 Å². The van der Waals surface area contributed by atoms with Gasteiger partial charge in [0, 0.05) is 25.0 Å². The summed E-state index contributed by atoms with van der Waals surface area (Å²) in [6, 6.07) is 11.2. The van der Waals surface area contributed by atoms with Crippen LogP contribution >= 0.6 is 38.9 Å². The lowest BCUT2D eigenvalue weighted by Gasteiger charge is -2.11. The molecule has 0 radical (unpaired) electrons. The molecule has 0 saturated heterocycles. The molecule has 0 aliphatic rings. The maximum Gasteiger partial charge on any atom is 0.324 e. The lowest BCUT2D eigenvalue weighted by Crippen LogP contribution is -2.20. The number of rotatable bonds is 8. The van der Waals surface area contributed by atoms with Crippen molar-refractivity contribution in [3.63, 3.8) is 0 Å². The molecule has 0 atom stereocenters. The summed E-state index contributed by atoms with van der Waals surface area (Å²) in [5.74, 6) is 0.0129. The number of halogens is 3. The van der Waals surface area contributed by atoms with Crippen LogP contribution in [0.4, 0.5) is 20.7 Å². The van der Waals surface area contributed by atoms with Crippen LogP contribution in [0.2, 0.25) is 5.02 Å². The molecule has 0 aliphatic heterocycles. The van der Waals surface area contributed by atoms with E-state index in [-0.39, 0.29) is 23.7 Å². The molecule has 0 fully saturated rings. The van der Waals surface area contributed by atoms with Gasteiger partial charge in [-0.25, -0.2) is 19.2 Å². The van der Waals surface area contributed by atoms with Crippen molar-refractivity contribution in [1.82, 2.24) is 15.3 Å². The number of urea groups is 1. The van der Waals surface area contributed by atoms with Crippen LogP contribution in [0.5, 0.6) is 17.2 Å². The Morgan fingerprint density at radius 1 is 1.05 bits per heavy atom. The van der Waals surface area contributed by atoms with Crippen molar-refractivity contribution in [2.24, 2.45) is 0 Å². The molecule has 4 rings (SSSR count). The number of carbonyl (C=O) groups is 2. The second-order valence-corrected chi connectivity index (χ2v) is 10.1. The number of aromatic nitrogens is 2. The second kappa shape index (κ2) is 12.0. The van der Waals surface area contributed by atoms with Gasteiger partial charge in [-0.3, -0.25) is 10.1 Å². The third-order valence-corrected chi connectivity index (χ3v) is 6.47. The van der Waals surface area contributed by atoms with Crippen LogP contribution in [-0.4, -0.2) is 29.0 Å². The number of nitrogens with one attached hydrogen (secondary N) is 3. The molecule has 190 valence electrons. The van der Waals surface area contributed by atoms with Gasteiger partial charge in [0.2, 0.25) is 0 Å². The van der Waals surface area contributed by atoms with E-state index in [4.69, 9.17) is 21.1 Å². The van der Waals surface area contributed by atoms with E-state index < -0.39 is 17.8 Å². The minimum atomic E-state index is -0.664. The van der Waals surface area contributed by atoms with E-state index in [9.17, 15) is 14.0 Å².